The fourth-order valence-electron chi connectivity index (χ4n) is 0.732. The average Bonchev–Trinajstić information content (AvgIpc) is 2.12. The van der Waals surface area contributed by atoms with Gasteiger partial charge in [0.05, 0.1) is 7.11 Å². The first-order chi connectivity index (χ1) is 5.65. The number of carbonyl (C=O) groups is 1. The maximum atomic E-state index is 10.7. The van der Waals surface area contributed by atoms with Crippen LogP contribution in [0.4, 0.5) is 4.79 Å². The van der Waals surface area contributed by atoms with Gasteiger partial charge in [-0.25, -0.2) is 4.79 Å². The van der Waals surface area contributed by atoms with Gasteiger partial charge in [-0.05, 0) is 6.42 Å². The van der Waals surface area contributed by atoms with Crippen molar-refractivity contribution in [3.63, 3.8) is 0 Å². The van der Waals surface area contributed by atoms with Crippen LogP contribution < -0.4 is 0 Å². The highest BCUT2D eigenvalue weighted by Gasteiger charge is 2.19. The van der Waals surface area contributed by atoms with Gasteiger partial charge in [-0.2, -0.15) is 0 Å². The molecule has 0 aromatic heterocycles. The Bertz CT molecular complexity index is 135. The second-order valence-corrected chi connectivity index (χ2v) is 2.56. The van der Waals surface area contributed by atoms with Gasteiger partial charge in [-0.1, -0.05) is 13.8 Å². The summed E-state index contributed by atoms with van der Waals surface area (Å²) in [5.41, 5.74) is 0. The molecule has 2 atom stereocenters. The van der Waals surface area contributed by atoms with Crippen LogP contribution in [0.5, 0.6) is 0 Å². The summed E-state index contributed by atoms with van der Waals surface area (Å²) in [6.07, 6.45) is -0.334. The maximum Gasteiger partial charge on any atom is 0.510 e. The van der Waals surface area contributed by atoms with Crippen molar-refractivity contribution in [3.05, 3.63) is 0 Å². The highest BCUT2D eigenvalue weighted by molar-refractivity contribution is 5.59. The molecule has 4 heteroatoms. The molecule has 0 aromatic carbocycles. The van der Waals surface area contributed by atoms with Gasteiger partial charge in [0.15, 0.2) is 0 Å². The van der Waals surface area contributed by atoms with Crippen LogP contribution in [0, 0.1) is 5.92 Å². The molecule has 0 amide bonds. The Kier molecular flexibility index (Phi) is 5.45. The second kappa shape index (κ2) is 5.83. The van der Waals surface area contributed by atoms with Gasteiger partial charge in [-0.3, -0.25) is 0 Å². The predicted molar refractivity (Wildman–Crippen MR) is 43.7 cm³/mol. The molecule has 0 radical (unpaired) electrons. The fraction of sp³-hybridized carbons (Fsp3) is 0.875. The van der Waals surface area contributed by atoms with E-state index in [1.165, 1.54) is 14.2 Å². The van der Waals surface area contributed by atoms with E-state index in [2.05, 4.69) is 4.74 Å². The molecule has 0 fully saturated rings. The van der Waals surface area contributed by atoms with E-state index in [0.29, 0.717) is 0 Å². The van der Waals surface area contributed by atoms with E-state index < -0.39 is 12.4 Å². The van der Waals surface area contributed by atoms with Gasteiger partial charge >= 0.3 is 6.16 Å². The maximum absolute atomic E-state index is 10.7. The molecule has 72 valence electrons. The molecule has 0 rings (SSSR count). The van der Waals surface area contributed by atoms with E-state index in [4.69, 9.17) is 9.47 Å². The number of ether oxygens (including phenoxy) is 3. The van der Waals surface area contributed by atoms with Crippen LogP contribution in [-0.4, -0.2) is 26.7 Å². The third kappa shape index (κ3) is 3.57. The lowest BCUT2D eigenvalue weighted by molar-refractivity contribution is -0.128. The Morgan fingerprint density at radius 2 is 2.00 bits per heavy atom. The molecule has 12 heavy (non-hydrogen) atoms. The smallest absolute Gasteiger partial charge is 0.438 e. The second-order valence-electron chi connectivity index (χ2n) is 2.56. The Morgan fingerprint density at radius 1 is 1.42 bits per heavy atom. The van der Waals surface area contributed by atoms with E-state index in [1.807, 2.05) is 13.8 Å². The Labute approximate surface area is 72.8 Å². The van der Waals surface area contributed by atoms with E-state index in [1.54, 1.807) is 0 Å². The zero-order chi connectivity index (χ0) is 9.56. The van der Waals surface area contributed by atoms with Gasteiger partial charge in [0.2, 0.25) is 6.29 Å². The van der Waals surface area contributed by atoms with Crippen LogP contribution in [0.2, 0.25) is 0 Å². The van der Waals surface area contributed by atoms with Crippen molar-refractivity contribution in [2.75, 3.05) is 14.2 Å². The molecule has 0 aliphatic heterocycles. The summed E-state index contributed by atoms with van der Waals surface area (Å²) < 4.78 is 14.1. The lowest BCUT2D eigenvalue weighted by Gasteiger charge is -2.20. The van der Waals surface area contributed by atoms with Crippen molar-refractivity contribution >= 4 is 6.16 Å². The first kappa shape index (κ1) is 11.2. The molecular weight excluding hydrogens is 160 g/mol. The van der Waals surface area contributed by atoms with E-state index >= 15 is 0 Å². The first-order valence-corrected chi connectivity index (χ1v) is 3.93. The SMILES string of the molecule is CCC(C)C(OC)OC(=O)OC. The molecule has 2 unspecified atom stereocenters. The van der Waals surface area contributed by atoms with Crippen molar-refractivity contribution in [2.45, 2.75) is 26.6 Å². The van der Waals surface area contributed by atoms with Gasteiger partial charge < -0.3 is 14.2 Å². The summed E-state index contributed by atoms with van der Waals surface area (Å²) in [4.78, 5) is 10.7. The Morgan fingerprint density at radius 3 is 2.33 bits per heavy atom. The molecule has 0 aromatic rings. The third-order valence-electron chi connectivity index (χ3n) is 1.72. The minimum absolute atomic E-state index is 0.175. The highest BCUT2D eigenvalue weighted by Crippen LogP contribution is 2.12. The van der Waals surface area contributed by atoms with Crippen LogP contribution in [0.25, 0.3) is 0 Å². The largest absolute Gasteiger partial charge is 0.510 e. The molecule has 0 aliphatic carbocycles. The topological polar surface area (TPSA) is 44.8 Å². The lowest BCUT2D eigenvalue weighted by Crippen LogP contribution is -2.26. The van der Waals surface area contributed by atoms with Crippen LogP contribution >= 0.6 is 0 Å². The van der Waals surface area contributed by atoms with E-state index in [-0.39, 0.29) is 5.92 Å². The molecule has 0 spiro atoms. The summed E-state index contributed by atoms with van der Waals surface area (Å²) in [5, 5.41) is 0. The minimum Gasteiger partial charge on any atom is -0.438 e. The van der Waals surface area contributed by atoms with Crippen molar-refractivity contribution in [2.24, 2.45) is 5.92 Å². The summed E-state index contributed by atoms with van der Waals surface area (Å²) in [6, 6.07) is 0. The van der Waals surface area contributed by atoms with Crippen molar-refractivity contribution in [3.8, 4) is 0 Å². The van der Waals surface area contributed by atoms with Crippen molar-refractivity contribution < 1.29 is 19.0 Å². The molecule has 0 saturated heterocycles. The number of methoxy groups -OCH3 is 2. The van der Waals surface area contributed by atoms with Crippen LogP contribution in [-0.2, 0) is 14.2 Å². The Balaban J connectivity index is 3.90. The van der Waals surface area contributed by atoms with Crippen LogP contribution in [0.3, 0.4) is 0 Å². The van der Waals surface area contributed by atoms with Crippen LogP contribution in [0.15, 0.2) is 0 Å². The molecule has 0 aliphatic rings. The van der Waals surface area contributed by atoms with E-state index in [0.717, 1.165) is 6.42 Å². The summed E-state index contributed by atoms with van der Waals surface area (Å²) >= 11 is 0. The predicted octanol–water partition coefficient (Wildman–Crippen LogP) is 1.79. The normalized spacial score (nSPS) is 15.0. The monoisotopic (exact) mass is 176 g/mol. The van der Waals surface area contributed by atoms with Crippen molar-refractivity contribution in [1.29, 1.82) is 0 Å². The molecule has 0 heterocycles. The summed E-state index contributed by atoms with van der Waals surface area (Å²) in [5.74, 6) is 0.175. The third-order valence-corrected chi connectivity index (χ3v) is 1.72. The molecule has 0 N–H and O–H groups in total. The quantitative estimate of drug-likeness (QED) is 0.484. The summed E-state index contributed by atoms with van der Waals surface area (Å²) in [7, 11) is 2.77. The standard InChI is InChI=1S/C8H16O4/c1-5-6(2)7(10-3)12-8(9)11-4/h6-7H,5H2,1-4H3. The zero-order valence-electron chi connectivity index (χ0n) is 7.99. The van der Waals surface area contributed by atoms with Gasteiger partial charge in [0, 0.05) is 13.0 Å². The molecule has 0 saturated carbocycles. The zero-order valence-corrected chi connectivity index (χ0v) is 7.99. The van der Waals surface area contributed by atoms with Gasteiger partial charge in [0.25, 0.3) is 0 Å². The first-order valence-electron chi connectivity index (χ1n) is 3.93. The number of hydrogen-bond acceptors (Lipinski definition) is 4. The van der Waals surface area contributed by atoms with Crippen LogP contribution in [0.1, 0.15) is 20.3 Å². The van der Waals surface area contributed by atoms with Crippen molar-refractivity contribution in [1.82, 2.24) is 0 Å². The lowest BCUT2D eigenvalue weighted by atomic mass is 10.1. The number of hydrogen-bond donors (Lipinski definition) is 0. The fourth-order valence-corrected chi connectivity index (χ4v) is 0.732. The van der Waals surface area contributed by atoms with Gasteiger partial charge in [0.1, 0.15) is 0 Å². The highest BCUT2D eigenvalue weighted by atomic mass is 16.8. The summed E-state index contributed by atoms with van der Waals surface area (Å²) in [6.45, 7) is 3.94. The van der Waals surface area contributed by atoms with E-state index in [9.17, 15) is 4.79 Å². The molecular formula is C8H16O4. The number of carbonyl (C=O) groups excluding carboxylic acids is 1. The number of rotatable bonds is 4. The van der Waals surface area contributed by atoms with Gasteiger partial charge in [-0.15, -0.1) is 0 Å². The minimum atomic E-state index is -0.706. The molecule has 0 bridgehead atoms. The molecule has 4 nitrogen and oxygen atoms in total. The Hall–Kier alpha value is -0.770. The average molecular weight is 176 g/mol.